The Morgan fingerprint density at radius 1 is 1.13 bits per heavy atom. The number of ether oxygens (including phenoxy) is 2. The van der Waals surface area contributed by atoms with Gasteiger partial charge in [-0.05, 0) is 48.5 Å². The summed E-state index contributed by atoms with van der Waals surface area (Å²) in [6.45, 7) is 12.5. The zero-order chi connectivity index (χ0) is 18.0. The van der Waals surface area contributed by atoms with E-state index in [1.807, 2.05) is 0 Å². The number of rotatable bonds is 3. The van der Waals surface area contributed by atoms with Crippen LogP contribution in [0.25, 0.3) is 0 Å². The lowest BCUT2D eigenvalue weighted by Crippen LogP contribution is -2.45. The van der Waals surface area contributed by atoms with E-state index in [0.29, 0.717) is 0 Å². The molecule has 7 heteroatoms. The molecule has 1 saturated heterocycles. The minimum absolute atomic E-state index is 0.145. The molecule has 0 spiro atoms. The van der Waals surface area contributed by atoms with E-state index in [0.717, 1.165) is 0 Å². The number of carbonyl (C=O) groups excluding carboxylic acids is 3. The number of hydrogen-bond donors (Lipinski definition) is 1. The van der Waals surface area contributed by atoms with E-state index in [-0.39, 0.29) is 24.9 Å². The molecule has 2 amide bonds. The first-order chi connectivity index (χ1) is 10.3. The van der Waals surface area contributed by atoms with Crippen molar-refractivity contribution in [3.8, 4) is 0 Å². The summed E-state index contributed by atoms with van der Waals surface area (Å²) in [6.07, 6.45) is -0.422. The molecule has 1 aliphatic heterocycles. The Morgan fingerprint density at radius 3 is 2.13 bits per heavy atom. The smallest absolute Gasteiger partial charge is 0.407 e. The number of hydrogen-bond acceptors (Lipinski definition) is 5. The largest absolute Gasteiger partial charge is 0.458 e. The summed E-state index contributed by atoms with van der Waals surface area (Å²) in [5.74, 6) is -0.645. The normalized spacial score (nSPS) is 20.2. The molecule has 0 aromatic heterocycles. The van der Waals surface area contributed by atoms with Crippen molar-refractivity contribution in [1.29, 1.82) is 0 Å². The van der Waals surface area contributed by atoms with Gasteiger partial charge in [-0.2, -0.15) is 0 Å². The van der Waals surface area contributed by atoms with E-state index in [4.69, 9.17) is 9.47 Å². The topological polar surface area (TPSA) is 84.9 Å². The van der Waals surface area contributed by atoms with E-state index in [9.17, 15) is 14.4 Å². The van der Waals surface area contributed by atoms with Gasteiger partial charge in [-0.25, -0.2) is 9.59 Å². The number of likely N-dealkylation sites (tertiary alicyclic amines) is 1. The Balaban J connectivity index is 2.60. The van der Waals surface area contributed by atoms with Gasteiger partial charge < -0.3 is 19.7 Å². The van der Waals surface area contributed by atoms with Crippen LogP contribution in [0.4, 0.5) is 4.79 Å². The van der Waals surface area contributed by atoms with Crippen molar-refractivity contribution in [2.45, 2.75) is 78.2 Å². The highest BCUT2D eigenvalue weighted by Crippen LogP contribution is 2.18. The maximum atomic E-state index is 12.1. The summed E-state index contributed by atoms with van der Waals surface area (Å²) in [5, 5.41) is 2.66. The Morgan fingerprint density at radius 2 is 1.65 bits per heavy atom. The van der Waals surface area contributed by atoms with Crippen LogP contribution in [-0.2, 0) is 19.1 Å². The highest BCUT2D eigenvalue weighted by molar-refractivity contribution is 5.86. The Bertz CT molecular complexity index is 476. The first-order valence-electron chi connectivity index (χ1n) is 7.80. The molecule has 1 fully saturated rings. The summed E-state index contributed by atoms with van der Waals surface area (Å²) in [7, 11) is 0. The molecule has 1 rings (SSSR count). The molecule has 0 saturated carbocycles. The fourth-order valence-corrected chi connectivity index (χ4v) is 2.19. The number of carbonyl (C=O) groups is 3. The lowest BCUT2D eigenvalue weighted by Gasteiger charge is -2.27. The average Bonchev–Trinajstić information content (AvgIpc) is 2.63. The number of alkyl carbamates (subject to hydrolysis) is 1. The van der Waals surface area contributed by atoms with Gasteiger partial charge in [0.1, 0.15) is 17.2 Å². The molecule has 1 aliphatic rings. The molecule has 0 aromatic carbocycles. The molecule has 0 radical (unpaired) electrons. The zero-order valence-electron chi connectivity index (χ0n) is 15.1. The van der Waals surface area contributed by atoms with Gasteiger partial charge in [0.2, 0.25) is 5.91 Å². The summed E-state index contributed by atoms with van der Waals surface area (Å²) in [4.78, 5) is 37.4. The lowest BCUT2D eigenvalue weighted by molar-refractivity contribution is -0.163. The van der Waals surface area contributed by atoms with Crippen molar-refractivity contribution in [3.63, 3.8) is 0 Å². The predicted molar refractivity (Wildman–Crippen MR) is 84.8 cm³/mol. The van der Waals surface area contributed by atoms with E-state index in [1.54, 1.807) is 48.5 Å². The van der Waals surface area contributed by atoms with Gasteiger partial charge in [0, 0.05) is 13.0 Å². The van der Waals surface area contributed by atoms with Gasteiger partial charge in [-0.15, -0.1) is 0 Å². The summed E-state index contributed by atoms with van der Waals surface area (Å²) >= 11 is 0. The maximum absolute atomic E-state index is 12.1. The zero-order valence-corrected chi connectivity index (χ0v) is 15.1. The highest BCUT2D eigenvalue weighted by atomic mass is 16.6. The second-order valence-corrected chi connectivity index (χ2v) is 7.80. The van der Waals surface area contributed by atoms with E-state index in [2.05, 4.69) is 5.32 Å². The second kappa shape index (κ2) is 6.76. The number of esters is 1. The molecule has 0 aliphatic carbocycles. The third-order valence-corrected chi connectivity index (χ3v) is 3.09. The van der Waals surface area contributed by atoms with Crippen LogP contribution in [0.2, 0.25) is 0 Å². The molecule has 132 valence electrons. The van der Waals surface area contributed by atoms with Crippen molar-refractivity contribution in [2.75, 3.05) is 6.54 Å². The van der Waals surface area contributed by atoms with Gasteiger partial charge >= 0.3 is 12.1 Å². The average molecular weight is 328 g/mol. The lowest BCUT2D eigenvalue weighted by atomic mass is 10.2. The third kappa shape index (κ3) is 6.46. The number of nitrogens with zero attached hydrogens (tertiary/aromatic N) is 1. The van der Waals surface area contributed by atoms with Gasteiger partial charge in [0.25, 0.3) is 0 Å². The first kappa shape index (κ1) is 19.3. The van der Waals surface area contributed by atoms with E-state index >= 15 is 0 Å². The quantitative estimate of drug-likeness (QED) is 0.799. The Kier molecular flexibility index (Phi) is 5.66. The minimum atomic E-state index is -0.688. The molecule has 7 nitrogen and oxygen atoms in total. The highest BCUT2D eigenvalue weighted by Gasteiger charge is 2.38. The van der Waals surface area contributed by atoms with Crippen molar-refractivity contribution in [2.24, 2.45) is 0 Å². The van der Waals surface area contributed by atoms with Gasteiger partial charge in [0.15, 0.2) is 0 Å². The standard InChI is InChI=1S/C16H28N2O5/c1-10(13(20)22-15(2,3)4)18-9-11(8-12(18)19)17-14(21)23-16(5,6)7/h10-11H,8-9H2,1-7H3,(H,17,21)/t10-,11?/m0/s1. The molecule has 1 unspecified atom stereocenters. The molecule has 0 aromatic rings. The molecule has 1 N–H and O–H groups in total. The molecular weight excluding hydrogens is 300 g/mol. The van der Waals surface area contributed by atoms with Crippen LogP contribution >= 0.6 is 0 Å². The van der Waals surface area contributed by atoms with Gasteiger partial charge in [-0.1, -0.05) is 0 Å². The number of nitrogens with one attached hydrogen (secondary N) is 1. The van der Waals surface area contributed by atoms with Crippen LogP contribution in [0, 0.1) is 0 Å². The monoisotopic (exact) mass is 328 g/mol. The Labute approximate surface area is 137 Å². The van der Waals surface area contributed by atoms with E-state index < -0.39 is 29.3 Å². The van der Waals surface area contributed by atoms with Gasteiger partial charge in [-0.3, -0.25) is 4.79 Å². The fourth-order valence-electron chi connectivity index (χ4n) is 2.19. The summed E-state index contributed by atoms with van der Waals surface area (Å²) in [6, 6.07) is -1.06. The molecule has 1 heterocycles. The summed E-state index contributed by atoms with van der Waals surface area (Å²) < 4.78 is 10.5. The van der Waals surface area contributed by atoms with Crippen LogP contribution in [0.5, 0.6) is 0 Å². The van der Waals surface area contributed by atoms with Crippen LogP contribution in [0.1, 0.15) is 54.9 Å². The molecular formula is C16H28N2O5. The third-order valence-electron chi connectivity index (χ3n) is 3.09. The van der Waals surface area contributed by atoms with Crippen LogP contribution in [0.15, 0.2) is 0 Å². The van der Waals surface area contributed by atoms with Crippen molar-refractivity contribution in [3.05, 3.63) is 0 Å². The van der Waals surface area contributed by atoms with Crippen molar-refractivity contribution < 1.29 is 23.9 Å². The first-order valence-corrected chi connectivity index (χ1v) is 7.80. The Hall–Kier alpha value is -1.79. The van der Waals surface area contributed by atoms with Gasteiger partial charge in [0.05, 0.1) is 6.04 Å². The minimum Gasteiger partial charge on any atom is -0.458 e. The van der Waals surface area contributed by atoms with Crippen molar-refractivity contribution in [1.82, 2.24) is 10.2 Å². The fraction of sp³-hybridized carbons (Fsp3) is 0.812. The summed E-state index contributed by atoms with van der Waals surface area (Å²) in [5.41, 5.74) is -1.21. The molecule has 0 bridgehead atoms. The van der Waals surface area contributed by atoms with Crippen LogP contribution in [-0.4, -0.2) is 52.7 Å². The maximum Gasteiger partial charge on any atom is 0.407 e. The number of amides is 2. The van der Waals surface area contributed by atoms with Crippen LogP contribution in [0.3, 0.4) is 0 Å². The second-order valence-electron chi connectivity index (χ2n) is 7.80. The molecule has 23 heavy (non-hydrogen) atoms. The van der Waals surface area contributed by atoms with E-state index in [1.165, 1.54) is 4.90 Å². The predicted octanol–water partition coefficient (Wildman–Crippen LogP) is 1.84. The SMILES string of the molecule is C[C@@H](C(=O)OC(C)(C)C)N1CC(NC(=O)OC(C)(C)C)CC1=O. The molecule has 2 atom stereocenters. The van der Waals surface area contributed by atoms with Crippen molar-refractivity contribution >= 4 is 18.0 Å². The van der Waals surface area contributed by atoms with Crippen LogP contribution < -0.4 is 5.32 Å².